The summed E-state index contributed by atoms with van der Waals surface area (Å²) < 4.78 is 7.37. The van der Waals surface area contributed by atoms with Crippen molar-refractivity contribution in [3.63, 3.8) is 0 Å². The van der Waals surface area contributed by atoms with Crippen molar-refractivity contribution >= 4 is 18.1 Å². The van der Waals surface area contributed by atoms with Gasteiger partial charge in [0.25, 0.3) is 5.91 Å². The van der Waals surface area contributed by atoms with Crippen LogP contribution in [0.1, 0.15) is 70.2 Å². The van der Waals surface area contributed by atoms with Crippen molar-refractivity contribution in [2.75, 3.05) is 0 Å². The number of hydrogen-bond donors (Lipinski definition) is 2. The Morgan fingerprint density at radius 2 is 1.80 bits per heavy atom. The number of carbonyl (C=O) groups excluding carboxylic acids is 1. The van der Waals surface area contributed by atoms with Crippen LogP contribution in [-0.2, 0) is 4.79 Å². The smallest absolute Gasteiger partial charge is 0.312 e. The minimum atomic E-state index is -1.05. The highest BCUT2D eigenvalue weighted by atomic mass is 16.5. The zero-order valence-electron chi connectivity index (χ0n) is 18.3. The monoisotopic (exact) mass is 415 g/mol. The Bertz CT molecular complexity index is 827. The number of nitrogens with zero attached hydrogens (tertiary/aromatic N) is 2. The van der Waals surface area contributed by atoms with Crippen LogP contribution in [-0.4, -0.2) is 38.9 Å². The Morgan fingerprint density at radius 1 is 1.20 bits per heavy atom. The van der Waals surface area contributed by atoms with Crippen LogP contribution in [0.3, 0.4) is 0 Å². The minimum absolute atomic E-state index is 0.144. The minimum Gasteiger partial charge on any atom is -0.481 e. The Hall–Kier alpha value is -2.31. The van der Waals surface area contributed by atoms with Gasteiger partial charge in [-0.2, -0.15) is 5.10 Å². The summed E-state index contributed by atoms with van der Waals surface area (Å²) in [5, 5.41) is 16.9. The Balaban J connectivity index is 1.54. The molecule has 4 aliphatic carbocycles. The van der Waals surface area contributed by atoms with E-state index in [4.69, 9.17) is 4.74 Å². The van der Waals surface area contributed by atoms with Crippen molar-refractivity contribution < 1.29 is 19.4 Å². The average molecular weight is 416 g/mol. The third-order valence-corrected chi connectivity index (χ3v) is 7.05. The molecule has 5 rings (SSSR count). The molecule has 0 unspecified atom stereocenters. The molecule has 0 spiro atoms. The molecule has 1 aromatic heterocycles. The molecular formula is C23H33N3O4. The number of aromatic nitrogens is 2. The Morgan fingerprint density at radius 3 is 2.33 bits per heavy atom. The quantitative estimate of drug-likeness (QED) is 0.706. The summed E-state index contributed by atoms with van der Waals surface area (Å²) in [6, 6.07) is 0.238. The number of nitrogens with one attached hydrogen (secondary N) is 1. The fourth-order valence-corrected chi connectivity index (χ4v) is 5.67. The second kappa shape index (κ2) is 7.75. The highest BCUT2D eigenvalue weighted by molar-refractivity contribution is 5.96. The summed E-state index contributed by atoms with van der Waals surface area (Å²) in [5.74, 6) is 2.15. The lowest BCUT2D eigenvalue weighted by Gasteiger charge is -2.54. The van der Waals surface area contributed by atoms with Crippen LogP contribution in [0.5, 0.6) is 5.88 Å². The first-order valence-corrected chi connectivity index (χ1v) is 11.1. The molecule has 1 heterocycles. The highest BCUT2D eigenvalue weighted by Gasteiger charge is 2.48. The topological polar surface area (TPSA) is 93.5 Å². The molecule has 0 radical (unpaired) electrons. The number of carbonyl (C=O) groups is 2. The van der Waals surface area contributed by atoms with E-state index in [1.165, 1.54) is 43.0 Å². The highest BCUT2D eigenvalue weighted by Crippen LogP contribution is 2.53. The van der Waals surface area contributed by atoms with Crippen molar-refractivity contribution in [3.8, 4) is 5.88 Å². The van der Waals surface area contributed by atoms with Gasteiger partial charge in [0.1, 0.15) is 5.56 Å². The van der Waals surface area contributed by atoms with Gasteiger partial charge in [0, 0.05) is 12.2 Å². The lowest BCUT2D eigenvalue weighted by molar-refractivity contribution is -0.144. The van der Waals surface area contributed by atoms with Crippen molar-refractivity contribution in [1.29, 1.82) is 0 Å². The van der Waals surface area contributed by atoms with E-state index in [1.807, 2.05) is 13.8 Å². The molecule has 7 nitrogen and oxygen atoms in total. The molecule has 0 saturated heterocycles. The van der Waals surface area contributed by atoms with Crippen LogP contribution < -0.4 is 10.1 Å². The normalized spacial score (nSPS) is 30.2. The van der Waals surface area contributed by atoms with Gasteiger partial charge >= 0.3 is 5.97 Å². The third-order valence-electron chi connectivity index (χ3n) is 7.05. The van der Waals surface area contributed by atoms with E-state index in [2.05, 4.69) is 10.4 Å². The van der Waals surface area contributed by atoms with E-state index in [1.54, 1.807) is 26.1 Å². The molecule has 4 saturated carbocycles. The van der Waals surface area contributed by atoms with Crippen LogP contribution in [0.25, 0.3) is 6.20 Å². The molecule has 30 heavy (non-hydrogen) atoms. The summed E-state index contributed by atoms with van der Waals surface area (Å²) in [6.07, 6.45) is 10.8. The van der Waals surface area contributed by atoms with Gasteiger partial charge in [-0.15, -0.1) is 0 Å². The van der Waals surface area contributed by atoms with Crippen molar-refractivity contribution in [2.24, 2.45) is 29.1 Å². The predicted molar refractivity (Wildman–Crippen MR) is 113 cm³/mol. The zero-order valence-corrected chi connectivity index (χ0v) is 18.3. The molecule has 1 aromatic rings. The molecule has 0 aromatic carbocycles. The van der Waals surface area contributed by atoms with Gasteiger partial charge in [-0.25, -0.2) is 4.68 Å². The average Bonchev–Trinajstić information content (AvgIpc) is 3.04. The van der Waals surface area contributed by atoms with Crippen LogP contribution in [0.2, 0.25) is 0 Å². The summed E-state index contributed by atoms with van der Waals surface area (Å²) >= 11 is 0. The summed E-state index contributed by atoms with van der Waals surface area (Å²) in [7, 11) is 0. The number of aliphatic carboxylic acids is 1. The first-order chi connectivity index (χ1) is 14.1. The third kappa shape index (κ3) is 3.98. The Kier molecular flexibility index (Phi) is 5.41. The molecule has 0 atom stereocenters. The van der Waals surface area contributed by atoms with Gasteiger partial charge in [0.2, 0.25) is 5.88 Å². The van der Waals surface area contributed by atoms with E-state index in [9.17, 15) is 14.7 Å². The van der Waals surface area contributed by atoms with Crippen molar-refractivity contribution in [3.05, 3.63) is 17.8 Å². The SMILES string of the molecule is CC(C)Oc1c(C(=O)NC2C3CC4CC(C3)CC2C4)cnn1C=CC(C)(C)C(=O)O. The standard InChI is InChI=1S/C23H33N3O4/c1-13(2)30-21-18(12-24-26(21)6-5-23(3,4)22(28)29)20(27)25-19-16-8-14-7-15(10-16)11-17(19)9-14/h5-6,12-17,19H,7-11H2,1-4H3,(H,25,27)(H,28,29). The number of carboxylic acid groups (broad SMARTS) is 1. The van der Waals surface area contributed by atoms with E-state index >= 15 is 0 Å². The summed E-state index contributed by atoms with van der Waals surface area (Å²) in [5.41, 5.74) is -0.653. The molecular weight excluding hydrogens is 382 g/mol. The van der Waals surface area contributed by atoms with Gasteiger partial charge in [-0.1, -0.05) is 0 Å². The van der Waals surface area contributed by atoms with Gasteiger partial charge in [-0.05, 0) is 89.5 Å². The fourth-order valence-electron chi connectivity index (χ4n) is 5.67. The van der Waals surface area contributed by atoms with Crippen molar-refractivity contribution in [1.82, 2.24) is 15.1 Å². The number of rotatable bonds is 7. The van der Waals surface area contributed by atoms with E-state index in [0.29, 0.717) is 23.3 Å². The van der Waals surface area contributed by atoms with Crippen molar-refractivity contribution in [2.45, 2.75) is 71.9 Å². The second-order valence-corrected chi connectivity index (χ2v) is 10.2. The molecule has 7 heteroatoms. The van der Waals surface area contributed by atoms with E-state index in [-0.39, 0.29) is 18.1 Å². The summed E-state index contributed by atoms with van der Waals surface area (Å²) in [4.78, 5) is 24.6. The maximum absolute atomic E-state index is 13.2. The molecule has 4 bridgehead atoms. The second-order valence-electron chi connectivity index (χ2n) is 10.2. The predicted octanol–water partition coefficient (Wildman–Crippen LogP) is 3.81. The molecule has 4 fully saturated rings. The largest absolute Gasteiger partial charge is 0.481 e. The van der Waals surface area contributed by atoms with Crippen LogP contribution >= 0.6 is 0 Å². The lowest BCUT2D eigenvalue weighted by atomic mass is 9.54. The Labute approximate surface area is 177 Å². The molecule has 0 aliphatic heterocycles. The lowest BCUT2D eigenvalue weighted by Crippen LogP contribution is -2.55. The molecule has 2 N–H and O–H groups in total. The van der Waals surface area contributed by atoms with Gasteiger partial charge < -0.3 is 15.2 Å². The number of ether oxygens (including phenoxy) is 1. The van der Waals surface area contributed by atoms with Crippen LogP contribution in [0, 0.1) is 29.1 Å². The summed E-state index contributed by atoms with van der Waals surface area (Å²) in [6.45, 7) is 7.00. The maximum atomic E-state index is 13.2. The van der Waals surface area contributed by atoms with Gasteiger partial charge in [0.15, 0.2) is 0 Å². The first kappa shape index (κ1) is 20.9. The van der Waals surface area contributed by atoms with Gasteiger partial charge in [-0.3, -0.25) is 9.59 Å². The molecule has 4 aliphatic rings. The fraction of sp³-hybridized carbons (Fsp3) is 0.696. The number of amides is 1. The number of hydrogen-bond acceptors (Lipinski definition) is 4. The van der Waals surface area contributed by atoms with Crippen LogP contribution in [0.15, 0.2) is 12.3 Å². The van der Waals surface area contributed by atoms with E-state index in [0.717, 1.165) is 11.8 Å². The molecule has 164 valence electrons. The zero-order chi connectivity index (χ0) is 21.6. The van der Waals surface area contributed by atoms with E-state index < -0.39 is 11.4 Å². The van der Waals surface area contributed by atoms with Gasteiger partial charge in [0.05, 0.1) is 17.7 Å². The molecule has 1 amide bonds. The van der Waals surface area contributed by atoms with Crippen LogP contribution in [0.4, 0.5) is 0 Å². The maximum Gasteiger partial charge on any atom is 0.312 e. The first-order valence-electron chi connectivity index (χ1n) is 11.1. The number of carboxylic acids is 1.